The highest BCUT2D eigenvalue weighted by Gasteiger charge is 2.26. The number of amides is 1. The molecule has 25 heavy (non-hydrogen) atoms. The summed E-state index contributed by atoms with van der Waals surface area (Å²) < 4.78 is 28.9. The van der Waals surface area contributed by atoms with Gasteiger partial charge in [-0.05, 0) is 51.3 Å². The molecule has 0 fully saturated rings. The van der Waals surface area contributed by atoms with Crippen molar-refractivity contribution in [1.82, 2.24) is 14.5 Å². The Kier molecular flexibility index (Phi) is 5.09. The van der Waals surface area contributed by atoms with Crippen LogP contribution in [-0.4, -0.2) is 24.1 Å². The fourth-order valence-electron chi connectivity index (χ4n) is 2.54. The van der Waals surface area contributed by atoms with Crippen LogP contribution in [0.15, 0.2) is 35.2 Å². The van der Waals surface area contributed by atoms with E-state index in [1.807, 2.05) is 34.6 Å². The lowest BCUT2D eigenvalue weighted by Crippen LogP contribution is -2.32. The molecule has 0 spiro atoms. The number of benzene rings is 1. The molecule has 0 atom stereocenters. The predicted octanol–water partition coefficient (Wildman–Crippen LogP) is 3.19. The van der Waals surface area contributed by atoms with Crippen molar-refractivity contribution >= 4 is 15.9 Å². The van der Waals surface area contributed by atoms with Gasteiger partial charge in [0.15, 0.2) is 5.69 Å². The number of hydrogen-bond donors (Lipinski definition) is 1. The van der Waals surface area contributed by atoms with Crippen molar-refractivity contribution in [3.05, 3.63) is 47.3 Å². The van der Waals surface area contributed by atoms with E-state index in [-0.39, 0.29) is 22.0 Å². The SMILES string of the molecule is Cc1ccccc1S(=O)(=O)NC(=O)c1cc(C(C)C)n(C(C)(C)C)n1. The number of nitrogens with one attached hydrogen (secondary N) is 1. The minimum Gasteiger partial charge on any atom is -0.266 e. The molecule has 0 aliphatic carbocycles. The zero-order valence-corrected chi connectivity index (χ0v) is 16.3. The van der Waals surface area contributed by atoms with Crippen molar-refractivity contribution in [3.8, 4) is 0 Å². The number of rotatable bonds is 4. The molecule has 2 aromatic rings. The molecule has 0 saturated carbocycles. The van der Waals surface area contributed by atoms with Gasteiger partial charge in [0.2, 0.25) is 0 Å². The minimum atomic E-state index is -3.95. The molecule has 1 N–H and O–H groups in total. The van der Waals surface area contributed by atoms with E-state index in [2.05, 4.69) is 9.82 Å². The number of carbonyl (C=O) groups excluding carboxylic acids is 1. The minimum absolute atomic E-state index is 0.0858. The molecule has 0 aliphatic rings. The third kappa shape index (κ3) is 4.10. The molecule has 0 unspecified atom stereocenters. The van der Waals surface area contributed by atoms with E-state index in [9.17, 15) is 13.2 Å². The van der Waals surface area contributed by atoms with Gasteiger partial charge in [-0.3, -0.25) is 9.48 Å². The van der Waals surface area contributed by atoms with E-state index < -0.39 is 15.9 Å². The Balaban J connectivity index is 2.38. The van der Waals surface area contributed by atoms with Gasteiger partial charge in [-0.2, -0.15) is 5.10 Å². The Morgan fingerprint density at radius 3 is 2.28 bits per heavy atom. The van der Waals surface area contributed by atoms with Crippen LogP contribution >= 0.6 is 0 Å². The van der Waals surface area contributed by atoms with Gasteiger partial charge in [-0.15, -0.1) is 0 Å². The first-order chi connectivity index (χ1) is 11.4. The maximum Gasteiger partial charge on any atom is 0.285 e. The van der Waals surface area contributed by atoms with Crippen LogP contribution in [0.25, 0.3) is 0 Å². The Morgan fingerprint density at radius 1 is 1.20 bits per heavy atom. The van der Waals surface area contributed by atoms with Crippen molar-refractivity contribution in [3.63, 3.8) is 0 Å². The van der Waals surface area contributed by atoms with E-state index in [4.69, 9.17) is 0 Å². The number of aromatic nitrogens is 2. The quantitative estimate of drug-likeness (QED) is 0.904. The maximum atomic E-state index is 12.5. The third-order valence-electron chi connectivity index (χ3n) is 3.81. The van der Waals surface area contributed by atoms with E-state index in [0.717, 1.165) is 5.69 Å². The first-order valence-electron chi connectivity index (χ1n) is 8.16. The lowest BCUT2D eigenvalue weighted by atomic mass is 10.1. The highest BCUT2D eigenvalue weighted by molar-refractivity contribution is 7.90. The summed E-state index contributed by atoms with van der Waals surface area (Å²) in [6.07, 6.45) is 0. The smallest absolute Gasteiger partial charge is 0.266 e. The van der Waals surface area contributed by atoms with Crippen LogP contribution in [0.1, 0.15) is 62.3 Å². The largest absolute Gasteiger partial charge is 0.285 e. The lowest BCUT2D eigenvalue weighted by Gasteiger charge is -2.23. The predicted molar refractivity (Wildman–Crippen MR) is 97.1 cm³/mol. The van der Waals surface area contributed by atoms with Gasteiger partial charge in [0.25, 0.3) is 15.9 Å². The zero-order chi connectivity index (χ0) is 19.0. The van der Waals surface area contributed by atoms with E-state index in [1.54, 1.807) is 35.9 Å². The topological polar surface area (TPSA) is 81.1 Å². The number of aryl methyl sites for hydroxylation is 1. The van der Waals surface area contributed by atoms with Gasteiger partial charge in [-0.25, -0.2) is 13.1 Å². The lowest BCUT2D eigenvalue weighted by molar-refractivity contribution is 0.0975. The summed E-state index contributed by atoms with van der Waals surface area (Å²) >= 11 is 0. The van der Waals surface area contributed by atoms with E-state index in [1.165, 1.54) is 6.07 Å². The van der Waals surface area contributed by atoms with Crippen LogP contribution in [0.2, 0.25) is 0 Å². The zero-order valence-electron chi connectivity index (χ0n) is 15.5. The first kappa shape index (κ1) is 19.2. The number of nitrogens with zero attached hydrogens (tertiary/aromatic N) is 2. The normalized spacial score (nSPS) is 12.4. The summed E-state index contributed by atoms with van der Waals surface area (Å²) in [6.45, 7) is 11.6. The van der Waals surface area contributed by atoms with Crippen molar-refractivity contribution in [2.45, 2.75) is 57.9 Å². The summed E-state index contributed by atoms with van der Waals surface area (Å²) in [5.41, 5.74) is 1.24. The summed E-state index contributed by atoms with van der Waals surface area (Å²) in [6, 6.07) is 8.18. The van der Waals surface area contributed by atoms with Crippen molar-refractivity contribution in [2.24, 2.45) is 0 Å². The van der Waals surface area contributed by atoms with Gasteiger partial charge in [-0.1, -0.05) is 32.0 Å². The highest BCUT2D eigenvalue weighted by atomic mass is 32.2. The highest BCUT2D eigenvalue weighted by Crippen LogP contribution is 2.24. The molecule has 2 rings (SSSR count). The average Bonchev–Trinajstić information content (AvgIpc) is 2.92. The van der Waals surface area contributed by atoms with Crippen molar-refractivity contribution < 1.29 is 13.2 Å². The van der Waals surface area contributed by atoms with Gasteiger partial charge in [0.05, 0.1) is 10.4 Å². The fraction of sp³-hybridized carbons (Fsp3) is 0.444. The van der Waals surface area contributed by atoms with Crippen molar-refractivity contribution in [1.29, 1.82) is 0 Å². The Labute approximate surface area is 149 Å². The number of sulfonamides is 1. The Morgan fingerprint density at radius 2 is 1.80 bits per heavy atom. The summed E-state index contributed by atoms with van der Waals surface area (Å²) in [4.78, 5) is 12.6. The summed E-state index contributed by atoms with van der Waals surface area (Å²) in [5.74, 6) is -0.575. The summed E-state index contributed by atoms with van der Waals surface area (Å²) in [7, 11) is -3.95. The Bertz CT molecular complexity index is 891. The molecule has 0 saturated heterocycles. The van der Waals surface area contributed by atoms with Gasteiger partial charge < -0.3 is 0 Å². The number of carbonyl (C=O) groups is 1. The average molecular weight is 363 g/mol. The van der Waals surface area contributed by atoms with Gasteiger partial charge in [0.1, 0.15) is 0 Å². The molecule has 136 valence electrons. The number of hydrogen-bond acceptors (Lipinski definition) is 4. The van der Waals surface area contributed by atoms with E-state index in [0.29, 0.717) is 5.56 Å². The molecule has 1 heterocycles. The molecule has 0 radical (unpaired) electrons. The Hall–Kier alpha value is -2.15. The molecule has 0 bridgehead atoms. The van der Waals surface area contributed by atoms with Gasteiger partial charge >= 0.3 is 0 Å². The molecule has 7 heteroatoms. The van der Waals surface area contributed by atoms with Crippen LogP contribution in [-0.2, 0) is 15.6 Å². The standard InChI is InChI=1S/C18H25N3O3S/c1-12(2)15-11-14(19-21(15)18(4,5)6)17(22)20-25(23,24)16-10-8-7-9-13(16)3/h7-12H,1-6H3,(H,20,22). The maximum absolute atomic E-state index is 12.5. The molecule has 6 nitrogen and oxygen atoms in total. The molecule has 1 amide bonds. The third-order valence-corrected chi connectivity index (χ3v) is 5.30. The molecule has 1 aromatic carbocycles. The second-order valence-electron chi connectivity index (χ2n) is 7.39. The second-order valence-corrected chi connectivity index (χ2v) is 9.04. The van der Waals surface area contributed by atoms with Crippen molar-refractivity contribution in [2.75, 3.05) is 0 Å². The van der Waals surface area contributed by atoms with E-state index >= 15 is 0 Å². The van der Waals surface area contributed by atoms with Crippen LogP contribution < -0.4 is 4.72 Å². The molecular formula is C18H25N3O3S. The fourth-order valence-corrected chi connectivity index (χ4v) is 3.75. The molecule has 1 aromatic heterocycles. The second kappa shape index (κ2) is 6.63. The van der Waals surface area contributed by atoms with Crippen LogP contribution in [0.5, 0.6) is 0 Å². The molecule has 0 aliphatic heterocycles. The first-order valence-corrected chi connectivity index (χ1v) is 9.65. The van der Waals surface area contributed by atoms with Crippen LogP contribution in [0.3, 0.4) is 0 Å². The van der Waals surface area contributed by atoms with Crippen LogP contribution in [0, 0.1) is 6.92 Å². The summed E-state index contributed by atoms with van der Waals surface area (Å²) in [5, 5.41) is 4.34. The monoisotopic (exact) mass is 363 g/mol. The molecular weight excluding hydrogens is 338 g/mol. The van der Waals surface area contributed by atoms with Crippen LogP contribution in [0.4, 0.5) is 0 Å². The van der Waals surface area contributed by atoms with Gasteiger partial charge in [0, 0.05) is 5.69 Å².